The van der Waals surface area contributed by atoms with Gasteiger partial charge in [0.1, 0.15) is 11.9 Å². The van der Waals surface area contributed by atoms with Crippen molar-refractivity contribution >= 4 is 17.7 Å². The van der Waals surface area contributed by atoms with Crippen molar-refractivity contribution in [3.63, 3.8) is 0 Å². The molecule has 3 amide bonds. The molecule has 2 aliphatic rings. The van der Waals surface area contributed by atoms with E-state index >= 15 is 0 Å². The van der Waals surface area contributed by atoms with Crippen LogP contribution in [0, 0.1) is 18.7 Å². The van der Waals surface area contributed by atoms with Gasteiger partial charge in [0, 0.05) is 31.7 Å². The second-order valence-corrected chi connectivity index (χ2v) is 9.31. The molecule has 2 aromatic carbocycles. The Morgan fingerprint density at radius 3 is 2.18 bits per heavy atom. The number of carbonyl (C=O) groups is 3. The number of carbonyl (C=O) groups excluding carboxylic acids is 3. The molecule has 0 saturated carbocycles. The fourth-order valence-corrected chi connectivity index (χ4v) is 4.86. The van der Waals surface area contributed by atoms with E-state index in [1.807, 2.05) is 24.0 Å². The fraction of sp³-hybridized carbons (Fsp3) is 0.444. The molecule has 6 nitrogen and oxygen atoms in total. The van der Waals surface area contributed by atoms with E-state index in [2.05, 4.69) is 5.32 Å². The largest absolute Gasteiger partial charge is 0.341 e. The standard InChI is InChI=1S/C27H32FN3O3/c1-19-9-11-21(12-10-19)25(32)29-24(27(34)30-15-5-2-6-16-30)20-13-17-31(18-14-20)26(33)22-7-3-4-8-23(22)28/h3-4,7-12,20,24H,2,5-6,13-18H2,1H3,(H,29,32)/t24-/m0/s1. The molecule has 2 aliphatic heterocycles. The number of hydrogen-bond acceptors (Lipinski definition) is 3. The maximum Gasteiger partial charge on any atom is 0.256 e. The Balaban J connectivity index is 1.47. The summed E-state index contributed by atoms with van der Waals surface area (Å²) in [4.78, 5) is 42.8. The third-order valence-electron chi connectivity index (χ3n) is 6.94. The Hall–Kier alpha value is -3.22. The summed E-state index contributed by atoms with van der Waals surface area (Å²) in [5.41, 5.74) is 1.65. The van der Waals surface area contributed by atoms with Gasteiger partial charge in [-0.2, -0.15) is 0 Å². The highest BCUT2D eigenvalue weighted by Gasteiger charge is 2.36. The predicted molar refractivity (Wildman–Crippen MR) is 128 cm³/mol. The van der Waals surface area contributed by atoms with Crippen LogP contribution in [-0.2, 0) is 4.79 Å². The molecule has 1 N–H and O–H groups in total. The van der Waals surface area contributed by atoms with Crippen molar-refractivity contribution < 1.29 is 18.8 Å². The summed E-state index contributed by atoms with van der Waals surface area (Å²) in [5.74, 6) is -1.26. The molecular formula is C27H32FN3O3. The zero-order chi connectivity index (χ0) is 24.1. The van der Waals surface area contributed by atoms with Crippen LogP contribution in [0.5, 0.6) is 0 Å². The van der Waals surface area contributed by atoms with Crippen LogP contribution in [0.2, 0.25) is 0 Å². The van der Waals surface area contributed by atoms with Crippen LogP contribution < -0.4 is 5.32 Å². The van der Waals surface area contributed by atoms with Crippen LogP contribution in [-0.4, -0.2) is 59.7 Å². The molecular weight excluding hydrogens is 433 g/mol. The van der Waals surface area contributed by atoms with E-state index < -0.39 is 11.9 Å². The van der Waals surface area contributed by atoms with Gasteiger partial charge in [-0.3, -0.25) is 14.4 Å². The highest BCUT2D eigenvalue weighted by molar-refractivity contribution is 5.98. The molecule has 2 saturated heterocycles. The summed E-state index contributed by atoms with van der Waals surface area (Å²) < 4.78 is 14.1. The van der Waals surface area contributed by atoms with Gasteiger partial charge in [0.2, 0.25) is 5.91 Å². The SMILES string of the molecule is Cc1ccc(C(=O)N[C@H](C(=O)N2CCCCC2)C2CCN(C(=O)c3ccccc3F)CC2)cc1. The molecule has 34 heavy (non-hydrogen) atoms. The Kier molecular flexibility index (Phi) is 7.60. The second-order valence-electron chi connectivity index (χ2n) is 9.31. The van der Waals surface area contributed by atoms with Gasteiger partial charge in [0.05, 0.1) is 5.56 Å². The van der Waals surface area contributed by atoms with Crippen molar-refractivity contribution in [2.24, 2.45) is 5.92 Å². The van der Waals surface area contributed by atoms with E-state index in [0.29, 0.717) is 44.6 Å². The molecule has 4 rings (SSSR count). The fourth-order valence-electron chi connectivity index (χ4n) is 4.86. The number of benzene rings is 2. The van der Waals surface area contributed by atoms with E-state index in [1.165, 1.54) is 12.1 Å². The Morgan fingerprint density at radius 2 is 1.53 bits per heavy atom. The van der Waals surface area contributed by atoms with Crippen molar-refractivity contribution in [2.75, 3.05) is 26.2 Å². The van der Waals surface area contributed by atoms with Gasteiger partial charge >= 0.3 is 0 Å². The van der Waals surface area contributed by atoms with Crippen molar-refractivity contribution in [1.82, 2.24) is 15.1 Å². The Bertz CT molecular complexity index is 1030. The summed E-state index contributed by atoms with van der Waals surface area (Å²) >= 11 is 0. The highest BCUT2D eigenvalue weighted by Crippen LogP contribution is 2.25. The van der Waals surface area contributed by atoms with E-state index in [0.717, 1.165) is 24.8 Å². The molecule has 0 unspecified atom stereocenters. The minimum Gasteiger partial charge on any atom is -0.341 e. The van der Waals surface area contributed by atoms with Gasteiger partial charge in [-0.05, 0) is 69.2 Å². The first kappa shape index (κ1) is 23.9. The van der Waals surface area contributed by atoms with Gasteiger partial charge in [-0.1, -0.05) is 29.8 Å². The van der Waals surface area contributed by atoms with Gasteiger partial charge in [-0.25, -0.2) is 4.39 Å². The van der Waals surface area contributed by atoms with Crippen LogP contribution in [0.4, 0.5) is 4.39 Å². The second kappa shape index (κ2) is 10.8. The quantitative estimate of drug-likeness (QED) is 0.730. The number of rotatable bonds is 5. The molecule has 0 aromatic heterocycles. The summed E-state index contributed by atoms with van der Waals surface area (Å²) in [6.07, 6.45) is 4.19. The lowest BCUT2D eigenvalue weighted by Crippen LogP contribution is -2.55. The Morgan fingerprint density at radius 1 is 0.882 bits per heavy atom. The van der Waals surface area contributed by atoms with E-state index in [9.17, 15) is 18.8 Å². The average molecular weight is 466 g/mol. The maximum absolute atomic E-state index is 14.1. The maximum atomic E-state index is 14.1. The molecule has 0 spiro atoms. The van der Waals surface area contributed by atoms with Crippen molar-refractivity contribution in [2.45, 2.75) is 45.1 Å². The summed E-state index contributed by atoms with van der Waals surface area (Å²) in [7, 11) is 0. The van der Waals surface area contributed by atoms with Crippen LogP contribution in [0.3, 0.4) is 0 Å². The van der Waals surface area contributed by atoms with Crippen LogP contribution in [0.25, 0.3) is 0 Å². The number of halogens is 1. The zero-order valence-electron chi connectivity index (χ0n) is 19.6. The summed E-state index contributed by atoms with van der Waals surface area (Å²) in [5, 5.41) is 3.01. The predicted octanol–water partition coefficient (Wildman–Crippen LogP) is 3.80. The number of hydrogen-bond donors (Lipinski definition) is 1. The normalized spacial score (nSPS) is 17.8. The smallest absolute Gasteiger partial charge is 0.256 e. The molecule has 7 heteroatoms. The number of likely N-dealkylation sites (tertiary alicyclic amines) is 2. The average Bonchev–Trinajstić information content (AvgIpc) is 2.88. The van der Waals surface area contributed by atoms with Crippen molar-refractivity contribution in [1.29, 1.82) is 0 Å². The van der Waals surface area contributed by atoms with E-state index in [4.69, 9.17) is 0 Å². The first-order chi connectivity index (χ1) is 16.4. The van der Waals surface area contributed by atoms with Crippen LogP contribution in [0.1, 0.15) is 58.4 Å². The van der Waals surface area contributed by atoms with Crippen LogP contribution >= 0.6 is 0 Å². The number of nitrogens with zero attached hydrogens (tertiary/aromatic N) is 2. The molecule has 0 radical (unpaired) electrons. The minimum atomic E-state index is -0.641. The molecule has 0 bridgehead atoms. The lowest BCUT2D eigenvalue weighted by Gasteiger charge is -2.38. The van der Waals surface area contributed by atoms with Crippen LogP contribution in [0.15, 0.2) is 48.5 Å². The summed E-state index contributed by atoms with van der Waals surface area (Å²) in [6.45, 7) is 4.21. The summed E-state index contributed by atoms with van der Waals surface area (Å²) in [6, 6.07) is 12.6. The molecule has 0 aliphatic carbocycles. The van der Waals surface area contributed by atoms with Gasteiger partial charge in [-0.15, -0.1) is 0 Å². The number of nitrogens with one attached hydrogen (secondary N) is 1. The minimum absolute atomic E-state index is 0.0426. The first-order valence-corrected chi connectivity index (χ1v) is 12.1. The molecule has 2 heterocycles. The Labute approximate surface area is 200 Å². The topological polar surface area (TPSA) is 69.7 Å². The molecule has 2 aromatic rings. The number of amides is 3. The van der Waals surface area contributed by atoms with E-state index in [-0.39, 0.29) is 29.2 Å². The van der Waals surface area contributed by atoms with Gasteiger partial charge in [0.25, 0.3) is 11.8 Å². The monoisotopic (exact) mass is 465 g/mol. The molecule has 2 fully saturated rings. The number of aryl methyl sites for hydroxylation is 1. The third-order valence-corrected chi connectivity index (χ3v) is 6.94. The molecule has 1 atom stereocenters. The zero-order valence-corrected chi connectivity index (χ0v) is 19.6. The number of piperidine rings is 2. The lowest BCUT2D eigenvalue weighted by molar-refractivity contribution is -0.136. The highest BCUT2D eigenvalue weighted by atomic mass is 19.1. The molecule has 180 valence electrons. The van der Waals surface area contributed by atoms with Crippen molar-refractivity contribution in [3.05, 3.63) is 71.0 Å². The van der Waals surface area contributed by atoms with Crippen molar-refractivity contribution in [3.8, 4) is 0 Å². The van der Waals surface area contributed by atoms with E-state index in [1.54, 1.807) is 29.2 Å². The van der Waals surface area contributed by atoms with Gasteiger partial charge < -0.3 is 15.1 Å². The lowest BCUT2D eigenvalue weighted by atomic mass is 9.87. The van der Waals surface area contributed by atoms with Gasteiger partial charge in [0.15, 0.2) is 0 Å². The first-order valence-electron chi connectivity index (χ1n) is 12.1. The third kappa shape index (κ3) is 5.46.